The van der Waals surface area contributed by atoms with Crippen LogP contribution < -0.4 is 14.4 Å². The summed E-state index contributed by atoms with van der Waals surface area (Å²) < 4.78 is 11.1. The first-order valence-corrected chi connectivity index (χ1v) is 9.55. The quantitative estimate of drug-likeness (QED) is 0.476. The van der Waals surface area contributed by atoms with E-state index in [0.29, 0.717) is 32.1 Å². The third-order valence-electron chi connectivity index (χ3n) is 4.17. The molecule has 1 fully saturated rings. The molecule has 1 saturated heterocycles. The van der Waals surface area contributed by atoms with Gasteiger partial charge in [-0.3, -0.25) is 14.7 Å². The highest BCUT2D eigenvalue weighted by molar-refractivity contribution is 8.27. The lowest BCUT2D eigenvalue weighted by Gasteiger charge is -2.18. The maximum Gasteiger partial charge on any atom is 0.270 e. The molecule has 0 unspecified atom stereocenters. The molecule has 1 aliphatic rings. The van der Waals surface area contributed by atoms with E-state index in [9.17, 15) is 4.79 Å². The SMILES string of the molecule is COc1ccc(N2C(=O)/C(=C/c3cnc4ccccc4n3)SC2=S)c(OC)c1. The molecule has 6 nitrogen and oxygen atoms in total. The number of methoxy groups -OCH3 is 2. The number of carbonyl (C=O) groups excluding carboxylic acids is 1. The van der Waals surface area contributed by atoms with Crippen molar-refractivity contribution in [2.24, 2.45) is 0 Å². The summed E-state index contributed by atoms with van der Waals surface area (Å²) in [6.45, 7) is 0. The van der Waals surface area contributed by atoms with Gasteiger partial charge >= 0.3 is 0 Å². The van der Waals surface area contributed by atoms with E-state index >= 15 is 0 Å². The Balaban J connectivity index is 1.69. The van der Waals surface area contributed by atoms with Crippen LogP contribution in [0.25, 0.3) is 17.1 Å². The van der Waals surface area contributed by atoms with E-state index in [4.69, 9.17) is 21.7 Å². The lowest BCUT2D eigenvalue weighted by atomic mass is 10.2. The number of thiocarbonyl (C=S) groups is 1. The van der Waals surface area contributed by atoms with Gasteiger partial charge in [0.05, 0.1) is 47.7 Å². The maximum absolute atomic E-state index is 13.0. The highest BCUT2D eigenvalue weighted by Gasteiger charge is 2.35. The highest BCUT2D eigenvalue weighted by atomic mass is 32.2. The second kappa shape index (κ2) is 7.57. The number of thioether (sulfide) groups is 1. The largest absolute Gasteiger partial charge is 0.497 e. The van der Waals surface area contributed by atoms with Gasteiger partial charge in [-0.2, -0.15) is 0 Å². The van der Waals surface area contributed by atoms with Crippen molar-refractivity contribution in [1.29, 1.82) is 0 Å². The summed E-state index contributed by atoms with van der Waals surface area (Å²) in [6.07, 6.45) is 3.34. The fourth-order valence-electron chi connectivity index (χ4n) is 2.82. The van der Waals surface area contributed by atoms with E-state index in [1.165, 1.54) is 23.8 Å². The first-order valence-electron chi connectivity index (χ1n) is 8.32. The Labute approximate surface area is 171 Å². The Bertz CT molecular complexity index is 1130. The van der Waals surface area contributed by atoms with Crippen LogP contribution >= 0.6 is 24.0 Å². The van der Waals surface area contributed by atoms with Crippen molar-refractivity contribution in [2.45, 2.75) is 0 Å². The molecule has 0 saturated carbocycles. The number of para-hydroxylation sites is 2. The smallest absolute Gasteiger partial charge is 0.270 e. The number of anilines is 1. The van der Waals surface area contributed by atoms with Crippen LogP contribution in [0.15, 0.2) is 53.6 Å². The fourth-order valence-corrected chi connectivity index (χ4v) is 4.09. The molecule has 3 aromatic rings. The molecule has 0 bridgehead atoms. The summed E-state index contributed by atoms with van der Waals surface area (Å²) in [5, 5.41) is 0. The lowest BCUT2D eigenvalue weighted by molar-refractivity contribution is -0.113. The third-order valence-corrected chi connectivity index (χ3v) is 5.47. The molecule has 0 radical (unpaired) electrons. The summed E-state index contributed by atoms with van der Waals surface area (Å²) in [5.41, 5.74) is 2.73. The highest BCUT2D eigenvalue weighted by Crippen LogP contribution is 2.41. The number of ether oxygens (including phenoxy) is 2. The average molecular weight is 409 g/mol. The molecule has 0 aliphatic carbocycles. The van der Waals surface area contributed by atoms with Crippen molar-refractivity contribution in [3.8, 4) is 11.5 Å². The Morgan fingerprint density at radius 3 is 2.64 bits per heavy atom. The molecule has 140 valence electrons. The summed E-state index contributed by atoms with van der Waals surface area (Å²) in [6, 6.07) is 12.8. The van der Waals surface area contributed by atoms with Crippen molar-refractivity contribution in [2.75, 3.05) is 19.1 Å². The number of aromatic nitrogens is 2. The minimum atomic E-state index is -0.228. The minimum absolute atomic E-state index is 0.228. The predicted molar refractivity (Wildman–Crippen MR) is 115 cm³/mol. The summed E-state index contributed by atoms with van der Waals surface area (Å²) in [4.78, 5) is 23.9. The molecule has 28 heavy (non-hydrogen) atoms. The van der Waals surface area contributed by atoms with E-state index in [1.807, 2.05) is 24.3 Å². The molecule has 2 aromatic carbocycles. The molecule has 1 amide bonds. The normalized spacial score (nSPS) is 15.5. The fraction of sp³-hybridized carbons (Fsp3) is 0.100. The van der Waals surface area contributed by atoms with Crippen LogP contribution in [0.1, 0.15) is 5.69 Å². The molecule has 0 atom stereocenters. The average Bonchev–Trinajstić information content (AvgIpc) is 3.00. The van der Waals surface area contributed by atoms with Gasteiger partial charge in [0.15, 0.2) is 4.32 Å². The predicted octanol–water partition coefficient (Wildman–Crippen LogP) is 4.05. The van der Waals surface area contributed by atoms with Gasteiger partial charge in [-0.1, -0.05) is 36.1 Å². The first kappa shape index (κ1) is 18.4. The lowest BCUT2D eigenvalue weighted by Crippen LogP contribution is -2.27. The standard InChI is InChI=1S/C20H15N3O3S2/c1-25-13-7-8-16(17(10-13)26-2)23-19(24)18(28-20(23)27)9-12-11-21-14-5-3-4-6-15(14)22-12/h3-11H,1-2H3/b18-9-. The Kier molecular flexibility index (Phi) is 4.97. The van der Waals surface area contributed by atoms with Crippen molar-refractivity contribution >= 4 is 57.0 Å². The monoisotopic (exact) mass is 409 g/mol. The van der Waals surface area contributed by atoms with Crippen molar-refractivity contribution in [3.63, 3.8) is 0 Å². The van der Waals surface area contributed by atoms with E-state index in [1.54, 1.807) is 37.6 Å². The van der Waals surface area contributed by atoms with Gasteiger partial charge in [-0.15, -0.1) is 0 Å². The number of nitrogens with zero attached hydrogens (tertiary/aromatic N) is 3. The Morgan fingerprint density at radius 1 is 1.11 bits per heavy atom. The van der Waals surface area contributed by atoms with E-state index < -0.39 is 0 Å². The van der Waals surface area contributed by atoms with Crippen molar-refractivity contribution < 1.29 is 14.3 Å². The van der Waals surface area contributed by atoms with Crippen LogP contribution in [0, 0.1) is 0 Å². The Morgan fingerprint density at radius 2 is 1.89 bits per heavy atom. The van der Waals surface area contributed by atoms with Gasteiger partial charge in [0.25, 0.3) is 5.91 Å². The topological polar surface area (TPSA) is 64.5 Å². The number of fused-ring (bicyclic) bond motifs is 1. The zero-order chi connectivity index (χ0) is 19.7. The van der Waals surface area contributed by atoms with Gasteiger partial charge in [0, 0.05) is 6.07 Å². The number of amides is 1. The third kappa shape index (κ3) is 3.32. The first-order chi connectivity index (χ1) is 13.6. The summed E-state index contributed by atoms with van der Waals surface area (Å²) >= 11 is 6.66. The molecule has 1 aromatic heterocycles. The summed E-state index contributed by atoms with van der Waals surface area (Å²) in [7, 11) is 3.11. The van der Waals surface area contributed by atoms with Gasteiger partial charge in [-0.05, 0) is 30.3 Å². The van der Waals surface area contributed by atoms with Crippen LogP contribution in [0.5, 0.6) is 11.5 Å². The molecule has 0 N–H and O–H groups in total. The molecule has 4 rings (SSSR count). The zero-order valence-electron chi connectivity index (χ0n) is 15.1. The Hall–Kier alpha value is -2.97. The van der Waals surface area contributed by atoms with Gasteiger partial charge in [-0.25, -0.2) is 4.98 Å². The number of carbonyl (C=O) groups is 1. The number of rotatable bonds is 4. The van der Waals surface area contributed by atoms with Crippen molar-refractivity contribution in [3.05, 3.63) is 59.3 Å². The second-order valence-electron chi connectivity index (χ2n) is 5.84. The molecule has 0 spiro atoms. The summed E-state index contributed by atoms with van der Waals surface area (Å²) in [5.74, 6) is 0.906. The van der Waals surface area contributed by atoms with Crippen LogP contribution in [-0.2, 0) is 4.79 Å². The van der Waals surface area contributed by atoms with Gasteiger partial charge in [0.1, 0.15) is 11.5 Å². The van der Waals surface area contributed by atoms with Crippen LogP contribution in [0.2, 0.25) is 0 Å². The number of hydrogen-bond acceptors (Lipinski definition) is 7. The van der Waals surface area contributed by atoms with E-state index in [0.717, 1.165) is 11.0 Å². The van der Waals surface area contributed by atoms with Crippen LogP contribution in [-0.4, -0.2) is 34.4 Å². The molecular weight excluding hydrogens is 394 g/mol. The van der Waals surface area contributed by atoms with Crippen LogP contribution in [0.3, 0.4) is 0 Å². The van der Waals surface area contributed by atoms with E-state index in [2.05, 4.69) is 9.97 Å². The number of hydrogen-bond donors (Lipinski definition) is 0. The zero-order valence-corrected chi connectivity index (χ0v) is 16.7. The molecule has 1 aliphatic heterocycles. The van der Waals surface area contributed by atoms with Crippen LogP contribution in [0.4, 0.5) is 5.69 Å². The molecule has 8 heteroatoms. The van der Waals surface area contributed by atoms with Gasteiger partial charge < -0.3 is 9.47 Å². The molecular formula is C20H15N3O3S2. The maximum atomic E-state index is 13.0. The molecule has 2 heterocycles. The van der Waals surface area contributed by atoms with Gasteiger partial charge in [0.2, 0.25) is 0 Å². The number of benzene rings is 2. The second-order valence-corrected chi connectivity index (χ2v) is 7.51. The van der Waals surface area contributed by atoms with E-state index in [-0.39, 0.29) is 5.91 Å². The van der Waals surface area contributed by atoms with Crippen molar-refractivity contribution in [1.82, 2.24) is 9.97 Å². The minimum Gasteiger partial charge on any atom is -0.497 e.